The minimum atomic E-state index is -2.62. The van der Waals surface area contributed by atoms with E-state index in [0.717, 1.165) is 0 Å². The normalized spacial score (nSPS) is 21.5. The lowest BCUT2D eigenvalue weighted by molar-refractivity contribution is 0.00430. The predicted molar refractivity (Wildman–Crippen MR) is 64.7 cm³/mol. The van der Waals surface area contributed by atoms with Crippen LogP contribution in [0.3, 0.4) is 0 Å². The van der Waals surface area contributed by atoms with Gasteiger partial charge in [0.2, 0.25) is 5.92 Å². The van der Waals surface area contributed by atoms with Crippen molar-refractivity contribution in [3.63, 3.8) is 0 Å². The molecule has 1 atom stereocenters. The van der Waals surface area contributed by atoms with Crippen LogP contribution in [0.1, 0.15) is 35.3 Å². The molecule has 1 saturated carbocycles. The van der Waals surface area contributed by atoms with E-state index >= 15 is 0 Å². The second kappa shape index (κ2) is 4.75. The number of aromatic nitrogens is 1. The van der Waals surface area contributed by atoms with Crippen molar-refractivity contribution in [2.45, 2.75) is 38.7 Å². The van der Waals surface area contributed by atoms with E-state index in [9.17, 15) is 18.4 Å². The van der Waals surface area contributed by atoms with Gasteiger partial charge in [-0.05, 0) is 19.3 Å². The van der Waals surface area contributed by atoms with Gasteiger partial charge in [-0.15, -0.1) is 0 Å². The molecule has 4 nitrogen and oxygen atoms in total. The van der Waals surface area contributed by atoms with Crippen molar-refractivity contribution in [3.8, 4) is 0 Å². The number of rotatable bonds is 3. The number of pyridine rings is 1. The van der Waals surface area contributed by atoms with Crippen molar-refractivity contribution in [2.24, 2.45) is 5.92 Å². The van der Waals surface area contributed by atoms with Crippen molar-refractivity contribution < 1.29 is 18.7 Å². The predicted octanol–water partition coefficient (Wildman–Crippen LogP) is 2.29. The van der Waals surface area contributed by atoms with Gasteiger partial charge >= 0.3 is 5.97 Å². The third-order valence-electron chi connectivity index (χ3n) is 3.53. The van der Waals surface area contributed by atoms with Gasteiger partial charge in [-0.3, -0.25) is 4.79 Å². The summed E-state index contributed by atoms with van der Waals surface area (Å²) in [5.41, 5.74) is -0.293. The Kier molecular flexibility index (Phi) is 3.43. The fourth-order valence-corrected chi connectivity index (χ4v) is 2.50. The first kappa shape index (κ1) is 13.7. The molecule has 0 amide bonds. The molecular weight excluding hydrogens is 256 g/mol. The molecule has 0 spiro atoms. The van der Waals surface area contributed by atoms with Crippen molar-refractivity contribution >= 4 is 5.97 Å². The lowest BCUT2D eigenvalue weighted by Gasteiger charge is -2.16. The fraction of sp³-hybridized carbons (Fsp3) is 0.538. The van der Waals surface area contributed by atoms with Gasteiger partial charge in [-0.2, -0.15) is 0 Å². The number of hydrogen-bond acceptors (Lipinski definition) is 2. The molecule has 6 heteroatoms. The highest BCUT2D eigenvalue weighted by molar-refractivity contribution is 5.87. The molecule has 1 aromatic rings. The standard InChI is InChI=1S/C13H15F2NO3/c1-8-4-11(17)10(12(18)19)7-16(8)6-9-2-3-13(14,15)5-9/h4,7,9H,2-3,5-6H2,1H3,(H,18,19). The van der Waals surface area contributed by atoms with Gasteiger partial charge in [0.05, 0.1) is 0 Å². The van der Waals surface area contributed by atoms with E-state index in [1.165, 1.54) is 12.3 Å². The molecule has 104 valence electrons. The third kappa shape index (κ3) is 3.00. The zero-order valence-corrected chi connectivity index (χ0v) is 10.5. The van der Waals surface area contributed by atoms with Gasteiger partial charge in [0, 0.05) is 37.3 Å². The Hall–Kier alpha value is -1.72. The molecule has 1 aromatic heterocycles. The van der Waals surface area contributed by atoms with Crippen molar-refractivity contribution in [1.82, 2.24) is 4.57 Å². The first-order valence-corrected chi connectivity index (χ1v) is 6.11. The van der Waals surface area contributed by atoms with Crippen LogP contribution >= 0.6 is 0 Å². The molecule has 2 rings (SSSR count). The van der Waals surface area contributed by atoms with E-state index in [4.69, 9.17) is 5.11 Å². The molecule has 0 bridgehead atoms. The number of carbonyl (C=O) groups is 1. The molecule has 1 heterocycles. The highest BCUT2D eigenvalue weighted by Gasteiger charge is 2.39. The minimum absolute atomic E-state index is 0.122. The Bertz CT molecular complexity index is 565. The monoisotopic (exact) mass is 271 g/mol. The van der Waals surface area contributed by atoms with Gasteiger partial charge in [0.1, 0.15) is 5.56 Å². The van der Waals surface area contributed by atoms with Gasteiger partial charge in [-0.1, -0.05) is 0 Å². The van der Waals surface area contributed by atoms with Gasteiger partial charge in [0.15, 0.2) is 5.43 Å². The maximum Gasteiger partial charge on any atom is 0.341 e. The van der Waals surface area contributed by atoms with E-state index in [1.807, 2.05) is 0 Å². The van der Waals surface area contributed by atoms with Crippen LogP contribution in [0, 0.1) is 12.8 Å². The van der Waals surface area contributed by atoms with Crippen LogP contribution in [0.25, 0.3) is 0 Å². The van der Waals surface area contributed by atoms with Crippen LogP contribution in [0.2, 0.25) is 0 Å². The highest BCUT2D eigenvalue weighted by atomic mass is 19.3. The van der Waals surface area contributed by atoms with E-state index < -0.39 is 17.3 Å². The van der Waals surface area contributed by atoms with E-state index in [2.05, 4.69) is 0 Å². The number of nitrogens with zero attached hydrogens (tertiary/aromatic N) is 1. The lowest BCUT2D eigenvalue weighted by Crippen LogP contribution is -2.21. The average molecular weight is 271 g/mol. The summed E-state index contributed by atoms with van der Waals surface area (Å²) in [7, 11) is 0. The molecule has 0 aromatic carbocycles. The van der Waals surface area contributed by atoms with Crippen LogP contribution in [0.4, 0.5) is 8.78 Å². The summed E-state index contributed by atoms with van der Waals surface area (Å²) >= 11 is 0. The van der Waals surface area contributed by atoms with Gasteiger partial charge in [0.25, 0.3) is 0 Å². The number of halogens is 2. The summed E-state index contributed by atoms with van der Waals surface area (Å²) in [5.74, 6) is -4.10. The Balaban J connectivity index is 2.24. The van der Waals surface area contributed by atoms with Crippen LogP contribution in [-0.4, -0.2) is 21.6 Å². The summed E-state index contributed by atoms with van der Waals surface area (Å²) in [4.78, 5) is 22.4. The number of aromatic carboxylic acids is 1. The zero-order valence-electron chi connectivity index (χ0n) is 10.5. The molecule has 0 radical (unpaired) electrons. The maximum atomic E-state index is 13.1. The molecule has 19 heavy (non-hydrogen) atoms. The van der Waals surface area contributed by atoms with Crippen LogP contribution in [0.15, 0.2) is 17.1 Å². The summed E-state index contributed by atoms with van der Waals surface area (Å²) in [6.45, 7) is 1.99. The Morgan fingerprint density at radius 3 is 2.79 bits per heavy atom. The molecule has 1 aliphatic carbocycles. The first-order chi connectivity index (χ1) is 8.78. The van der Waals surface area contributed by atoms with E-state index in [1.54, 1.807) is 11.5 Å². The Morgan fingerprint density at radius 2 is 2.26 bits per heavy atom. The maximum absolute atomic E-state index is 13.1. The molecule has 1 unspecified atom stereocenters. The molecule has 1 aliphatic rings. The van der Waals surface area contributed by atoms with Crippen molar-refractivity contribution in [1.29, 1.82) is 0 Å². The van der Waals surface area contributed by atoms with E-state index in [0.29, 0.717) is 18.7 Å². The molecule has 1 fully saturated rings. The second-order valence-electron chi connectivity index (χ2n) is 5.12. The third-order valence-corrected chi connectivity index (χ3v) is 3.53. The number of alkyl halides is 2. The van der Waals surface area contributed by atoms with Crippen molar-refractivity contribution in [3.05, 3.63) is 33.7 Å². The second-order valence-corrected chi connectivity index (χ2v) is 5.12. The quantitative estimate of drug-likeness (QED) is 0.917. The number of hydrogen-bond donors (Lipinski definition) is 1. The zero-order chi connectivity index (χ0) is 14.2. The molecular formula is C13H15F2NO3. The van der Waals surface area contributed by atoms with Crippen molar-refractivity contribution in [2.75, 3.05) is 0 Å². The largest absolute Gasteiger partial charge is 0.477 e. The van der Waals surface area contributed by atoms with E-state index in [-0.39, 0.29) is 24.3 Å². The summed E-state index contributed by atoms with van der Waals surface area (Å²) in [6.07, 6.45) is 1.36. The average Bonchev–Trinajstić information content (AvgIpc) is 2.61. The van der Waals surface area contributed by atoms with Crippen LogP contribution in [-0.2, 0) is 6.54 Å². The number of carboxylic acid groups (broad SMARTS) is 1. The minimum Gasteiger partial charge on any atom is -0.477 e. The molecule has 0 aliphatic heterocycles. The molecule has 0 saturated heterocycles. The van der Waals surface area contributed by atoms with Crippen LogP contribution in [0.5, 0.6) is 0 Å². The smallest absolute Gasteiger partial charge is 0.341 e. The lowest BCUT2D eigenvalue weighted by atomic mass is 10.1. The highest BCUT2D eigenvalue weighted by Crippen LogP contribution is 2.39. The Labute approximate surface area is 108 Å². The van der Waals surface area contributed by atoms with Gasteiger partial charge in [-0.25, -0.2) is 13.6 Å². The summed E-state index contributed by atoms with van der Waals surface area (Å²) < 4.78 is 27.8. The first-order valence-electron chi connectivity index (χ1n) is 6.11. The topological polar surface area (TPSA) is 59.3 Å². The summed E-state index contributed by atoms with van der Waals surface area (Å²) in [5, 5.41) is 8.89. The Morgan fingerprint density at radius 1 is 1.58 bits per heavy atom. The number of carboxylic acids is 1. The summed E-state index contributed by atoms with van der Waals surface area (Å²) in [6, 6.07) is 1.23. The SMILES string of the molecule is Cc1cc(=O)c(C(=O)O)cn1CC1CCC(F)(F)C1. The van der Waals surface area contributed by atoms with Gasteiger partial charge < -0.3 is 9.67 Å². The van der Waals surface area contributed by atoms with Crippen LogP contribution < -0.4 is 5.43 Å². The number of aryl methyl sites for hydroxylation is 1. The fourth-order valence-electron chi connectivity index (χ4n) is 2.50. The molecule has 1 N–H and O–H groups in total.